The van der Waals surface area contributed by atoms with Crippen LogP contribution in [0, 0.1) is 11.8 Å². The number of ketones is 1. The lowest BCUT2D eigenvalue weighted by Crippen LogP contribution is -2.39. The van der Waals surface area contributed by atoms with E-state index in [1.54, 1.807) is 6.92 Å². The van der Waals surface area contributed by atoms with Crippen molar-refractivity contribution in [1.82, 2.24) is 0 Å². The molecule has 2 fully saturated rings. The summed E-state index contributed by atoms with van der Waals surface area (Å²) >= 11 is 0. The summed E-state index contributed by atoms with van der Waals surface area (Å²) in [6.07, 6.45) is 3.04. The van der Waals surface area contributed by atoms with E-state index in [4.69, 9.17) is 4.74 Å². The molecule has 2 rings (SSSR count). The normalized spacial score (nSPS) is 41.7. The van der Waals surface area contributed by atoms with Crippen LogP contribution in [0.15, 0.2) is 0 Å². The lowest BCUT2D eigenvalue weighted by molar-refractivity contribution is -0.150. The first-order chi connectivity index (χ1) is 6.51. The van der Waals surface area contributed by atoms with E-state index >= 15 is 0 Å². The monoisotopic (exact) mass is 196 g/mol. The van der Waals surface area contributed by atoms with E-state index in [9.17, 15) is 9.59 Å². The van der Waals surface area contributed by atoms with Crippen LogP contribution in [-0.4, -0.2) is 17.4 Å². The molecule has 3 nitrogen and oxygen atoms in total. The number of esters is 1. The van der Waals surface area contributed by atoms with Gasteiger partial charge in [-0.05, 0) is 33.1 Å². The molecule has 0 spiro atoms. The maximum absolute atomic E-state index is 11.2. The van der Waals surface area contributed by atoms with Gasteiger partial charge in [-0.1, -0.05) is 0 Å². The number of carbonyl (C=O) groups is 2. The molecule has 1 saturated carbocycles. The van der Waals surface area contributed by atoms with Crippen molar-refractivity contribution >= 4 is 11.8 Å². The summed E-state index contributed by atoms with van der Waals surface area (Å²) in [6, 6.07) is 0. The number of fused-ring (bicyclic) bond motifs is 1. The Balaban J connectivity index is 2.11. The molecule has 1 aliphatic carbocycles. The first-order valence-corrected chi connectivity index (χ1v) is 5.23. The zero-order chi connectivity index (χ0) is 10.3. The first kappa shape index (κ1) is 9.69. The summed E-state index contributed by atoms with van der Waals surface area (Å²) in [4.78, 5) is 22.4. The molecule has 0 aromatic carbocycles. The molecule has 0 aromatic heterocycles. The second-order valence-electron chi connectivity index (χ2n) is 4.77. The third-order valence-electron chi connectivity index (χ3n) is 3.76. The van der Waals surface area contributed by atoms with E-state index < -0.39 is 0 Å². The van der Waals surface area contributed by atoms with Gasteiger partial charge in [0, 0.05) is 11.8 Å². The Hall–Kier alpha value is -0.860. The molecule has 0 bridgehead atoms. The Morgan fingerprint density at radius 2 is 2.29 bits per heavy atom. The maximum Gasteiger partial charge on any atom is 0.306 e. The molecular formula is C11H16O3. The topological polar surface area (TPSA) is 43.4 Å². The van der Waals surface area contributed by atoms with Gasteiger partial charge in [-0.2, -0.15) is 0 Å². The molecule has 0 N–H and O–H groups in total. The predicted octanol–water partition coefficient (Wildman–Crippen LogP) is 1.70. The zero-order valence-corrected chi connectivity index (χ0v) is 8.71. The quantitative estimate of drug-likeness (QED) is 0.599. The van der Waals surface area contributed by atoms with Crippen LogP contribution >= 0.6 is 0 Å². The van der Waals surface area contributed by atoms with Gasteiger partial charge in [-0.3, -0.25) is 9.59 Å². The highest BCUT2D eigenvalue weighted by Crippen LogP contribution is 2.45. The average molecular weight is 196 g/mol. The largest absolute Gasteiger partial charge is 0.459 e. The van der Waals surface area contributed by atoms with E-state index in [1.807, 2.05) is 6.92 Å². The molecule has 0 unspecified atom stereocenters. The summed E-state index contributed by atoms with van der Waals surface area (Å²) in [5.74, 6) is 0.577. The van der Waals surface area contributed by atoms with Crippen molar-refractivity contribution in [1.29, 1.82) is 0 Å². The fourth-order valence-electron chi connectivity index (χ4n) is 2.68. The van der Waals surface area contributed by atoms with E-state index in [1.165, 1.54) is 0 Å². The van der Waals surface area contributed by atoms with Crippen molar-refractivity contribution in [3.8, 4) is 0 Å². The molecule has 3 heteroatoms. The van der Waals surface area contributed by atoms with Crippen LogP contribution in [0.1, 0.15) is 39.5 Å². The van der Waals surface area contributed by atoms with Crippen LogP contribution in [0.2, 0.25) is 0 Å². The summed E-state index contributed by atoms with van der Waals surface area (Å²) < 4.78 is 5.33. The van der Waals surface area contributed by atoms with Crippen LogP contribution in [0.4, 0.5) is 0 Å². The molecule has 0 radical (unpaired) electrons. The Morgan fingerprint density at radius 3 is 2.93 bits per heavy atom. The van der Waals surface area contributed by atoms with E-state index in [-0.39, 0.29) is 29.2 Å². The van der Waals surface area contributed by atoms with Crippen LogP contribution in [-0.2, 0) is 14.3 Å². The standard InChI is InChI=1S/C11H16O3/c1-7(12)8-3-4-11(2)9(5-8)6-10(13)14-11/h8-9H,3-6H2,1-2H3/t8-,9-,11-/m1/s1. The number of Topliss-reactive ketones (excluding diaryl/α,β-unsaturated/α-hetero) is 1. The minimum atomic E-state index is -0.275. The van der Waals surface area contributed by atoms with Crippen LogP contribution in [0.5, 0.6) is 0 Å². The van der Waals surface area contributed by atoms with Gasteiger partial charge in [0.05, 0.1) is 6.42 Å². The summed E-state index contributed by atoms with van der Waals surface area (Å²) in [7, 11) is 0. The Kier molecular flexibility index (Phi) is 2.13. The lowest BCUT2D eigenvalue weighted by Gasteiger charge is -2.36. The van der Waals surface area contributed by atoms with Gasteiger partial charge < -0.3 is 4.74 Å². The third kappa shape index (κ3) is 1.45. The third-order valence-corrected chi connectivity index (χ3v) is 3.76. The second kappa shape index (κ2) is 3.07. The van der Waals surface area contributed by atoms with E-state index in [0.29, 0.717) is 6.42 Å². The van der Waals surface area contributed by atoms with E-state index in [0.717, 1.165) is 19.3 Å². The number of ether oxygens (including phenoxy) is 1. The Labute approximate surface area is 83.8 Å². The lowest BCUT2D eigenvalue weighted by atomic mass is 9.71. The highest BCUT2D eigenvalue weighted by atomic mass is 16.6. The number of rotatable bonds is 1. The van der Waals surface area contributed by atoms with Crippen LogP contribution in [0.3, 0.4) is 0 Å². The Morgan fingerprint density at radius 1 is 1.57 bits per heavy atom. The number of hydrogen-bond acceptors (Lipinski definition) is 3. The minimum Gasteiger partial charge on any atom is -0.459 e. The highest BCUT2D eigenvalue weighted by molar-refractivity contribution is 5.79. The fraction of sp³-hybridized carbons (Fsp3) is 0.818. The molecule has 14 heavy (non-hydrogen) atoms. The van der Waals surface area contributed by atoms with Crippen molar-refractivity contribution in [2.75, 3.05) is 0 Å². The van der Waals surface area contributed by atoms with Crippen molar-refractivity contribution in [2.45, 2.75) is 45.1 Å². The minimum absolute atomic E-state index is 0.0956. The SMILES string of the molecule is CC(=O)[C@@H]1CC[C@@]2(C)OC(=O)C[C@H]2C1. The predicted molar refractivity (Wildman–Crippen MR) is 50.6 cm³/mol. The molecule has 3 atom stereocenters. The van der Waals surface area contributed by atoms with E-state index in [2.05, 4.69) is 0 Å². The van der Waals surface area contributed by atoms with Crippen molar-refractivity contribution in [3.63, 3.8) is 0 Å². The maximum atomic E-state index is 11.2. The molecule has 1 saturated heterocycles. The molecule has 0 aromatic rings. The van der Waals surface area contributed by atoms with Gasteiger partial charge in [-0.25, -0.2) is 0 Å². The van der Waals surface area contributed by atoms with Gasteiger partial charge in [0.25, 0.3) is 0 Å². The smallest absolute Gasteiger partial charge is 0.306 e. The van der Waals surface area contributed by atoms with Gasteiger partial charge >= 0.3 is 5.97 Å². The summed E-state index contributed by atoms with van der Waals surface area (Å²) in [6.45, 7) is 3.64. The van der Waals surface area contributed by atoms with Crippen LogP contribution < -0.4 is 0 Å². The first-order valence-electron chi connectivity index (χ1n) is 5.23. The number of hydrogen-bond donors (Lipinski definition) is 0. The summed E-state index contributed by atoms with van der Waals surface area (Å²) in [5, 5.41) is 0. The molecule has 0 amide bonds. The fourth-order valence-corrected chi connectivity index (χ4v) is 2.68. The number of carbonyl (C=O) groups excluding carboxylic acids is 2. The molecular weight excluding hydrogens is 180 g/mol. The van der Waals surface area contributed by atoms with Gasteiger partial charge in [0.2, 0.25) is 0 Å². The molecule has 2 aliphatic rings. The highest BCUT2D eigenvalue weighted by Gasteiger charge is 2.49. The van der Waals surface area contributed by atoms with Gasteiger partial charge in [-0.15, -0.1) is 0 Å². The van der Waals surface area contributed by atoms with Crippen LogP contribution in [0.25, 0.3) is 0 Å². The van der Waals surface area contributed by atoms with Gasteiger partial charge in [0.1, 0.15) is 11.4 Å². The summed E-state index contributed by atoms with van der Waals surface area (Å²) in [5.41, 5.74) is -0.275. The molecule has 78 valence electrons. The molecule has 1 aliphatic heterocycles. The second-order valence-corrected chi connectivity index (χ2v) is 4.77. The van der Waals surface area contributed by atoms with Crippen molar-refractivity contribution in [3.05, 3.63) is 0 Å². The average Bonchev–Trinajstić information content (AvgIpc) is 2.37. The Bertz CT molecular complexity index is 284. The molecule has 1 heterocycles. The zero-order valence-electron chi connectivity index (χ0n) is 8.71. The van der Waals surface area contributed by atoms with Crippen molar-refractivity contribution in [2.24, 2.45) is 11.8 Å². The van der Waals surface area contributed by atoms with Gasteiger partial charge in [0.15, 0.2) is 0 Å². The van der Waals surface area contributed by atoms with Crippen molar-refractivity contribution < 1.29 is 14.3 Å².